The Labute approximate surface area is 177 Å². The van der Waals surface area contributed by atoms with Gasteiger partial charge in [0.05, 0.1) is 23.9 Å². The Kier molecular flexibility index (Phi) is 5.25. The second kappa shape index (κ2) is 8.00. The van der Waals surface area contributed by atoms with Gasteiger partial charge >= 0.3 is 0 Å². The lowest BCUT2D eigenvalue weighted by molar-refractivity contribution is 0.0922. The fourth-order valence-electron chi connectivity index (χ4n) is 3.20. The Balaban J connectivity index is 1.59. The number of ether oxygens (including phenoxy) is 2. The number of carbonyl (C=O) groups is 3. The number of benzene rings is 3. The minimum atomic E-state index is -0.468. The number of anilines is 1. The highest BCUT2D eigenvalue weighted by atomic mass is 35.5. The molecule has 30 heavy (non-hydrogen) atoms. The first-order chi connectivity index (χ1) is 14.5. The van der Waals surface area contributed by atoms with Crippen LogP contribution in [0.3, 0.4) is 0 Å². The number of nitrogens with zero attached hydrogens (tertiary/aromatic N) is 1. The second-order valence-electron chi connectivity index (χ2n) is 6.54. The summed E-state index contributed by atoms with van der Waals surface area (Å²) < 4.78 is 10.8. The Morgan fingerprint density at radius 3 is 2.17 bits per heavy atom. The fourth-order valence-corrected chi connectivity index (χ4v) is 3.37. The highest BCUT2D eigenvalue weighted by Gasteiger charge is 2.38. The zero-order valence-corrected chi connectivity index (χ0v) is 16.7. The monoisotopic (exact) mass is 421 g/mol. The molecular formula is C23H16ClNO5. The first-order valence-electron chi connectivity index (χ1n) is 9.07. The molecule has 3 aromatic rings. The molecule has 1 heterocycles. The molecule has 0 saturated heterocycles. The van der Waals surface area contributed by atoms with Crippen LogP contribution in [-0.4, -0.2) is 31.3 Å². The minimum Gasteiger partial charge on any atom is -0.497 e. The fraction of sp³-hybridized carbons (Fsp3) is 0.0870. The summed E-state index contributed by atoms with van der Waals surface area (Å²) in [6.45, 7) is -0.274. The summed E-state index contributed by atoms with van der Waals surface area (Å²) in [4.78, 5) is 39.1. The van der Waals surface area contributed by atoms with Gasteiger partial charge in [-0.05, 0) is 54.6 Å². The summed E-state index contributed by atoms with van der Waals surface area (Å²) in [5, 5.41) is 0.329. The van der Waals surface area contributed by atoms with E-state index in [1.54, 1.807) is 61.7 Å². The number of imide groups is 1. The maximum atomic E-state index is 12.8. The van der Waals surface area contributed by atoms with Gasteiger partial charge in [0.15, 0.2) is 12.4 Å². The SMILES string of the molecule is COc1ccc(C(=O)COc2ccc(Cl)cc2N2C(=O)c3ccccc3C2=O)cc1. The van der Waals surface area contributed by atoms with Gasteiger partial charge in [0, 0.05) is 10.6 Å². The molecule has 0 saturated carbocycles. The standard InChI is InChI=1S/C23H16ClNO5/c1-29-16-9-6-14(7-10-16)20(26)13-30-21-11-8-15(24)12-19(21)25-22(27)17-4-2-3-5-18(17)23(25)28/h2-12H,13H2,1H3. The third kappa shape index (κ3) is 3.53. The van der Waals surface area contributed by atoms with E-state index in [1.807, 2.05) is 0 Å². The minimum absolute atomic E-state index is 0.191. The Morgan fingerprint density at radius 2 is 1.57 bits per heavy atom. The molecular weight excluding hydrogens is 406 g/mol. The van der Waals surface area contributed by atoms with Gasteiger partial charge in [-0.1, -0.05) is 23.7 Å². The van der Waals surface area contributed by atoms with Gasteiger partial charge in [0.1, 0.15) is 11.5 Å². The normalized spacial score (nSPS) is 12.7. The van der Waals surface area contributed by atoms with Crippen LogP contribution in [0.4, 0.5) is 5.69 Å². The molecule has 0 unspecified atom stereocenters. The molecule has 0 radical (unpaired) electrons. The number of hydrogen-bond acceptors (Lipinski definition) is 5. The lowest BCUT2D eigenvalue weighted by atomic mass is 10.1. The number of halogens is 1. The summed E-state index contributed by atoms with van der Waals surface area (Å²) >= 11 is 6.11. The van der Waals surface area contributed by atoms with E-state index in [4.69, 9.17) is 21.1 Å². The molecule has 6 nitrogen and oxygen atoms in total. The molecule has 3 aromatic carbocycles. The lowest BCUT2D eigenvalue weighted by Crippen LogP contribution is -2.30. The van der Waals surface area contributed by atoms with E-state index in [0.717, 1.165) is 4.90 Å². The average molecular weight is 422 g/mol. The van der Waals surface area contributed by atoms with E-state index in [9.17, 15) is 14.4 Å². The maximum absolute atomic E-state index is 12.8. The van der Waals surface area contributed by atoms with Crippen molar-refractivity contribution in [1.29, 1.82) is 0 Å². The average Bonchev–Trinajstić information content (AvgIpc) is 3.03. The molecule has 0 fully saturated rings. The van der Waals surface area contributed by atoms with Crippen LogP contribution in [0.15, 0.2) is 66.7 Å². The van der Waals surface area contributed by atoms with Crippen molar-refractivity contribution in [2.24, 2.45) is 0 Å². The summed E-state index contributed by atoms with van der Waals surface area (Å²) in [7, 11) is 1.54. The lowest BCUT2D eigenvalue weighted by Gasteiger charge is -2.18. The van der Waals surface area contributed by atoms with Crippen LogP contribution in [0.25, 0.3) is 0 Å². The van der Waals surface area contributed by atoms with Crippen molar-refractivity contribution in [3.05, 3.63) is 88.4 Å². The van der Waals surface area contributed by atoms with Gasteiger partial charge in [0.25, 0.3) is 11.8 Å². The number of methoxy groups -OCH3 is 1. The van der Waals surface area contributed by atoms with Crippen molar-refractivity contribution in [2.45, 2.75) is 0 Å². The Bertz CT molecular complexity index is 1120. The number of fused-ring (bicyclic) bond motifs is 1. The molecule has 0 atom stereocenters. The van der Waals surface area contributed by atoms with Crippen molar-refractivity contribution in [3.8, 4) is 11.5 Å². The maximum Gasteiger partial charge on any atom is 0.266 e. The van der Waals surface area contributed by atoms with Crippen LogP contribution in [-0.2, 0) is 0 Å². The summed E-state index contributed by atoms with van der Waals surface area (Å²) in [6.07, 6.45) is 0. The van der Waals surface area contributed by atoms with Gasteiger partial charge < -0.3 is 9.47 Å². The van der Waals surface area contributed by atoms with Gasteiger partial charge in [-0.25, -0.2) is 4.90 Å². The van der Waals surface area contributed by atoms with Crippen molar-refractivity contribution in [3.63, 3.8) is 0 Å². The van der Waals surface area contributed by atoms with Crippen LogP contribution < -0.4 is 14.4 Å². The van der Waals surface area contributed by atoms with Crippen molar-refractivity contribution in [2.75, 3.05) is 18.6 Å². The Morgan fingerprint density at radius 1 is 0.933 bits per heavy atom. The van der Waals surface area contributed by atoms with Crippen LogP contribution in [0.5, 0.6) is 11.5 Å². The van der Waals surface area contributed by atoms with Gasteiger partial charge in [0.2, 0.25) is 0 Å². The quantitative estimate of drug-likeness (QED) is 0.435. The van der Waals surface area contributed by atoms with E-state index < -0.39 is 11.8 Å². The number of carbonyl (C=O) groups excluding carboxylic acids is 3. The van der Waals surface area contributed by atoms with Crippen LogP contribution in [0, 0.1) is 0 Å². The Hall–Kier alpha value is -3.64. The number of Topliss-reactive ketones (excluding diaryl/α,β-unsaturated/α-hetero) is 1. The summed E-state index contributed by atoms with van der Waals surface area (Å²) in [6, 6.07) is 17.8. The molecule has 1 aliphatic heterocycles. The predicted octanol–water partition coefficient (Wildman–Crippen LogP) is 4.41. The number of hydrogen-bond donors (Lipinski definition) is 0. The molecule has 0 aliphatic carbocycles. The molecule has 2 amide bonds. The third-order valence-electron chi connectivity index (χ3n) is 4.73. The van der Waals surface area contributed by atoms with Gasteiger partial charge in [-0.3, -0.25) is 14.4 Å². The smallest absolute Gasteiger partial charge is 0.266 e. The molecule has 1 aliphatic rings. The van der Waals surface area contributed by atoms with Crippen LogP contribution >= 0.6 is 11.6 Å². The molecule has 0 spiro atoms. The number of amides is 2. The summed E-state index contributed by atoms with van der Waals surface area (Å²) in [5.74, 6) is -0.358. The highest BCUT2D eigenvalue weighted by Crippen LogP contribution is 2.36. The van der Waals surface area contributed by atoms with Crippen molar-refractivity contribution >= 4 is 34.9 Å². The van der Waals surface area contributed by atoms with E-state index >= 15 is 0 Å². The van der Waals surface area contributed by atoms with Crippen molar-refractivity contribution in [1.82, 2.24) is 0 Å². The largest absolute Gasteiger partial charge is 0.497 e. The zero-order chi connectivity index (χ0) is 21.3. The first kappa shape index (κ1) is 19.7. The third-order valence-corrected chi connectivity index (χ3v) is 4.96. The van der Waals surface area contributed by atoms with E-state index in [0.29, 0.717) is 27.5 Å². The summed E-state index contributed by atoms with van der Waals surface area (Å²) in [5.41, 5.74) is 1.26. The first-order valence-corrected chi connectivity index (χ1v) is 9.45. The molecule has 0 bridgehead atoms. The van der Waals surface area contributed by atoms with E-state index in [-0.39, 0.29) is 23.8 Å². The molecule has 7 heteroatoms. The molecule has 4 rings (SSSR count). The predicted molar refractivity (Wildman–Crippen MR) is 112 cm³/mol. The van der Waals surface area contributed by atoms with E-state index in [2.05, 4.69) is 0 Å². The highest BCUT2D eigenvalue weighted by molar-refractivity contribution is 6.36. The molecule has 0 N–H and O–H groups in total. The zero-order valence-electron chi connectivity index (χ0n) is 15.9. The number of rotatable bonds is 6. The van der Waals surface area contributed by atoms with Gasteiger partial charge in [-0.2, -0.15) is 0 Å². The van der Waals surface area contributed by atoms with Crippen molar-refractivity contribution < 1.29 is 23.9 Å². The number of ketones is 1. The second-order valence-corrected chi connectivity index (χ2v) is 6.98. The molecule has 0 aromatic heterocycles. The van der Waals surface area contributed by atoms with Crippen LogP contribution in [0.1, 0.15) is 31.1 Å². The van der Waals surface area contributed by atoms with Gasteiger partial charge in [-0.15, -0.1) is 0 Å². The van der Waals surface area contributed by atoms with E-state index in [1.165, 1.54) is 12.1 Å². The van der Waals surface area contributed by atoms with Crippen LogP contribution in [0.2, 0.25) is 5.02 Å². The topological polar surface area (TPSA) is 72.9 Å². The molecule has 150 valence electrons.